The van der Waals surface area contributed by atoms with Gasteiger partial charge in [0.2, 0.25) is 0 Å². The fourth-order valence-corrected chi connectivity index (χ4v) is 2.29. The van der Waals surface area contributed by atoms with Crippen LogP contribution in [0.1, 0.15) is 16.2 Å². The maximum atomic E-state index is 12.0. The van der Waals surface area contributed by atoms with Crippen molar-refractivity contribution >= 4 is 16.8 Å². The SMILES string of the molecule is Cn1nnc(CS(=O)c2ccc(C(=O)O)cc2)n1. The maximum Gasteiger partial charge on any atom is 0.335 e. The molecule has 0 radical (unpaired) electrons. The number of aryl methyl sites for hydroxylation is 1. The average Bonchev–Trinajstić information content (AvgIpc) is 2.75. The van der Waals surface area contributed by atoms with Gasteiger partial charge in [-0.1, -0.05) is 0 Å². The number of rotatable bonds is 4. The monoisotopic (exact) mass is 266 g/mol. The van der Waals surface area contributed by atoms with Gasteiger partial charge in [-0.15, -0.1) is 10.2 Å². The molecule has 1 aromatic heterocycles. The van der Waals surface area contributed by atoms with Crippen molar-refractivity contribution in [2.75, 3.05) is 0 Å². The highest BCUT2D eigenvalue weighted by molar-refractivity contribution is 7.84. The molecule has 1 unspecified atom stereocenters. The Morgan fingerprint density at radius 2 is 2.06 bits per heavy atom. The van der Waals surface area contributed by atoms with Crippen LogP contribution in [0.3, 0.4) is 0 Å². The second-order valence-corrected chi connectivity index (χ2v) is 4.97. The zero-order valence-corrected chi connectivity index (χ0v) is 10.3. The highest BCUT2D eigenvalue weighted by atomic mass is 32.2. The Hall–Kier alpha value is -2.09. The molecule has 1 heterocycles. The van der Waals surface area contributed by atoms with Crippen LogP contribution >= 0.6 is 0 Å². The van der Waals surface area contributed by atoms with Crippen molar-refractivity contribution in [3.63, 3.8) is 0 Å². The Bertz CT molecular complexity index is 593. The number of benzene rings is 1. The molecule has 0 aliphatic heterocycles. The number of hydrogen-bond donors (Lipinski definition) is 1. The van der Waals surface area contributed by atoms with Crippen LogP contribution in [0.15, 0.2) is 29.2 Å². The van der Waals surface area contributed by atoms with Gasteiger partial charge in [-0.25, -0.2) is 4.79 Å². The minimum atomic E-state index is -1.31. The van der Waals surface area contributed by atoms with Gasteiger partial charge in [0.15, 0.2) is 5.82 Å². The van der Waals surface area contributed by atoms with Crippen LogP contribution in [0.25, 0.3) is 0 Å². The molecule has 1 aromatic carbocycles. The van der Waals surface area contributed by atoms with Gasteiger partial charge in [-0.05, 0) is 29.5 Å². The van der Waals surface area contributed by atoms with E-state index in [0.29, 0.717) is 10.7 Å². The number of carbonyl (C=O) groups is 1. The van der Waals surface area contributed by atoms with Gasteiger partial charge < -0.3 is 5.11 Å². The number of nitrogens with zero attached hydrogens (tertiary/aromatic N) is 4. The quantitative estimate of drug-likeness (QED) is 0.849. The van der Waals surface area contributed by atoms with Crippen molar-refractivity contribution in [3.05, 3.63) is 35.7 Å². The maximum absolute atomic E-state index is 12.0. The normalized spacial score (nSPS) is 12.3. The lowest BCUT2D eigenvalue weighted by Crippen LogP contribution is -2.01. The lowest BCUT2D eigenvalue weighted by Gasteiger charge is -2.00. The Morgan fingerprint density at radius 1 is 1.39 bits per heavy atom. The van der Waals surface area contributed by atoms with Crippen LogP contribution in [0.4, 0.5) is 0 Å². The first kappa shape index (κ1) is 12.4. The van der Waals surface area contributed by atoms with Crippen LogP contribution in [0.5, 0.6) is 0 Å². The second kappa shape index (κ2) is 5.05. The molecule has 0 spiro atoms. The summed E-state index contributed by atoms with van der Waals surface area (Å²) in [5.41, 5.74) is 0.161. The van der Waals surface area contributed by atoms with Crippen LogP contribution in [0.2, 0.25) is 0 Å². The predicted molar refractivity (Wildman–Crippen MR) is 62.3 cm³/mol. The number of aromatic nitrogens is 4. The zero-order valence-electron chi connectivity index (χ0n) is 9.48. The lowest BCUT2D eigenvalue weighted by molar-refractivity contribution is 0.0697. The first-order valence-electron chi connectivity index (χ1n) is 5.01. The number of carboxylic acids is 1. The van der Waals surface area contributed by atoms with Gasteiger partial charge in [0.05, 0.1) is 29.2 Å². The average molecular weight is 266 g/mol. The fraction of sp³-hybridized carbons (Fsp3) is 0.200. The summed E-state index contributed by atoms with van der Waals surface area (Å²) in [6.07, 6.45) is 0. The number of aromatic carboxylic acids is 1. The van der Waals surface area contributed by atoms with E-state index in [9.17, 15) is 9.00 Å². The van der Waals surface area contributed by atoms with Gasteiger partial charge in [0.25, 0.3) is 0 Å². The summed E-state index contributed by atoms with van der Waals surface area (Å²) in [5, 5.41) is 20.1. The van der Waals surface area contributed by atoms with E-state index in [-0.39, 0.29) is 11.3 Å². The third kappa shape index (κ3) is 2.77. The Kier molecular flexibility index (Phi) is 3.47. The number of tetrazole rings is 1. The molecule has 18 heavy (non-hydrogen) atoms. The third-order valence-electron chi connectivity index (χ3n) is 2.17. The third-order valence-corrected chi connectivity index (χ3v) is 3.49. The van der Waals surface area contributed by atoms with E-state index in [0.717, 1.165) is 0 Å². The van der Waals surface area contributed by atoms with E-state index in [1.807, 2.05) is 0 Å². The van der Waals surface area contributed by atoms with Gasteiger partial charge >= 0.3 is 5.97 Å². The molecule has 0 aliphatic carbocycles. The van der Waals surface area contributed by atoms with Gasteiger partial charge in [-0.3, -0.25) is 4.21 Å². The molecular formula is C10H10N4O3S. The molecule has 0 bridgehead atoms. The van der Waals surface area contributed by atoms with Crippen molar-refractivity contribution < 1.29 is 14.1 Å². The summed E-state index contributed by atoms with van der Waals surface area (Å²) in [7, 11) is 0.312. The van der Waals surface area contributed by atoms with Crippen molar-refractivity contribution in [1.82, 2.24) is 20.2 Å². The number of hydrogen-bond acceptors (Lipinski definition) is 5. The summed E-state index contributed by atoms with van der Waals surface area (Å²) >= 11 is 0. The molecule has 1 atom stereocenters. The largest absolute Gasteiger partial charge is 0.478 e. The van der Waals surface area contributed by atoms with Crippen molar-refractivity contribution in [1.29, 1.82) is 0 Å². The summed E-state index contributed by atoms with van der Waals surface area (Å²) in [4.78, 5) is 12.5. The van der Waals surface area contributed by atoms with Gasteiger partial charge in [0.1, 0.15) is 0 Å². The minimum Gasteiger partial charge on any atom is -0.478 e. The van der Waals surface area contributed by atoms with Crippen LogP contribution in [-0.2, 0) is 23.6 Å². The highest BCUT2D eigenvalue weighted by Gasteiger charge is 2.10. The first-order chi connectivity index (χ1) is 8.56. The standard InChI is InChI=1S/C10H10N4O3S/c1-14-12-9(11-13-14)6-18(17)8-4-2-7(3-5-8)10(15)16/h2-5H,6H2,1H3,(H,15,16). The van der Waals surface area contributed by atoms with Crippen LogP contribution in [-0.4, -0.2) is 35.5 Å². The van der Waals surface area contributed by atoms with E-state index in [2.05, 4.69) is 15.4 Å². The molecule has 94 valence electrons. The summed E-state index contributed by atoms with van der Waals surface area (Å²) < 4.78 is 12.0. The minimum absolute atomic E-state index is 0.153. The van der Waals surface area contributed by atoms with E-state index < -0.39 is 16.8 Å². The summed E-state index contributed by atoms with van der Waals surface area (Å²) in [5.74, 6) is -0.471. The molecule has 7 nitrogen and oxygen atoms in total. The molecule has 0 saturated carbocycles. The van der Waals surface area contributed by atoms with Crippen LogP contribution in [0, 0.1) is 0 Å². The van der Waals surface area contributed by atoms with Crippen LogP contribution < -0.4 is 0 Å². The Balaban J connectivity index is 2.11. The number of carboxylic acid groups (broad SMARTS) is 1. The summed E-state index contributed by atoms with van der Waals surface area (Å²) in [6.45, 7) is 0. The Labute approximate surface area is 105 Å². The van der Waals surface area contributed by atoms with Gasteiger partial charge in [0, 0.05) is 4.90 Å². The first-order valence-corrected chi connectivity index (χ1v) is 6.33. The van der Waals surface area contributed by atoms with E-state index >= 15 is 0 Å². The Morgan fingerprint density at radius 3 is 2.56 bits per heavy atom. The lowest BCUT2D eigenvalue weighted by atomic mass is 10.2. The molecular weight excluding hydrogens is 256 g/mol. The van der Waals surface area contributed by atoms with E-state index in [1.54, 1.807) is 7.05 Å². The smallest absolute Gasteiger partial charge is 0.335 e. The molecule has 0 saturated heterocycles. The molecule has 2 rings (SSSR count). The molecule has 2 aromatic rings. The summed E-state index contributed by atoms with van der Waals surface area (Å²) in [6, 6.07) is 5.88. The van der Waals surface area contributed by atoms with E-state index in [4.69, 9.17) is 5.11 Å². The fourth-order valence-electron chi connectivity index (χ4n) is 1.33. The highest BCUT2D eigenvalue weighted by Crippen LogP contribution is 2.11. The predicted octanol–water partition coefficient (Wildman–Crippen LogP) is 0.216. The van der Waals surface area contributed by atoms with E-state index in [1.165, 1.54) is 29.1 Å². The molecule has 0 amide bonds. The second-order valence-electron chi connectivity index (χ2n) is 3.51. The molecule has 1 N–H and O–H groups in total. The molecule has 0 fully saturated rings. The molecule has 8 heteroatoms. The van der Waals surface area contributed by atoms with Crippen molar-refractivity contribution in [3.8, 4) is 0 Å². The molecule has 0 aliphatic rings. The topological polar surface area (TPSA) is 98.0 Å². The zero-order chi connectivity index (χ0) is 13.1. The van der Waals surface area contributed by atoms with Crippen molar-refractivity contribution in [2.24, 2.45) is 7.05 Å². The van der Waals surface area contributed by atoms with Crippen molar-refractivity contribution in [2.45, 2.75) is 10.6 Å². The van der Waals surface area contributed by atoms with Gasteiger partial charge in [-0.2, -0.15) is 4.80 Å².